The largest absolute Gasteiger partial charge is 0.442 e. The van der Waals surface area contributed by atoms with Crippen LogP contribution in [0.25, 0.3) is 11.1 Å². The molecule has 3 aliphatic rings. The monoisotopic (exact) mass is 406 g/mol. The van der Waals surface area contributed by atoms with Gasteiger partial charge >= 0.3 is 0 Å². The summed E-state index contributed by atoms with van der Waals surface area (Å²) in [4.78, 5) is 24.0. The molecule has 7 heteroatoms. The lowest BCUT2D eigenvalue weighted by molar-refractivity contribution is 0.0772. The normalized spacial score (nSPS) is 26.0. The van der Waals surface area contributed by atoms with E-state index in [-0.39, 0.29) is 17.3 Å². The molecular formula is C23H23FN4O2. The van der Waals surface area contributed by atoms with Gasteiger partial charge in [0.1, 0.15) is 23.7 Å². The third-order valence-corrected chi connectivity index (χ3v) is 7.03. The molecule has 1 saturated heterocycles. The van der Waals surface area contributed by atoms with Gasteiger partial charge < -0.3 is 14.6 Å². The number of benzene rings is 1. The minimum Gasteiger partial charge on any atom is -0.442 e. The van der Waals surface area contributed by atoms with Crippen LogP contribution in [0.1, 0.15) is 47.4 Å². The maximum Gasteiger partial charge on any atom is 0.258 e. The molecule has 3 atom stereocenters. The number of nitrogens with one attached hydrogen (secondary N) is 1. The van der Waals surface area contributed by atoms with Gasteiger partial charge in [0.15, 0.2) is 0 Å². The van der Waals surface area contributed by atoms with Crippen LogP contribution >= 0.6 is 0 Å². The summed E-state index contributed by atoms with van der Waals surface area (Å²) in [5.74, 6) is 2.33. The quantitative estimate of drug-likeness (QED) is 0.706. The molecule has 2 aliphatic carbocycles. The molecule has 3 heterocycles. The molecule has 154 valence electrons. The lowest BCUT2D eigenvalue weighted by Crippen LogP contribution is -2.31. The van der Waals surface area contributed by atoms with Crippen LogP contribution in [0.5, 0.6) is 0 Å². The van der Waals surface area contributed by atoms with Crippen molar-refractivity contribution in [2.75, 3.05) is 18.4 Å². The third kappa shape index (κ3) is 2.71. The van der Waals surface area contributed by atoms with Crippen LogP contribution in [0.2, 0.25) is 0 Å². The van der Waals surface area contributed by atoms with Gasteiger partial charge in [-0.2, -0.15) is 0 Å². The fourth-order valence-electron chi connectivity index (χ4n) is 5.02. The number of aryl methyl sites for hydroxylation is 1. The Labute approximate surface area is 173 Å². The molecule has 3 fully saturated rings. The highest BCUT2D eigenvalue weighted by molar-refractivity contribution is 6.10. The first-order valence-corrected chi connectivity index (χ1v) is 10.5. The molecule has 1 aliphatic heterocycles. The molecule has 3 aromatic rings. The van der Waals surface area contributed by atoms with Crippen molar-refractivity contribution >= 4 is 22.8 Å². The van der Waals surface area contributed by atoms with Gasteiger partial charge in [-0.3, -0.25) is 4.79 Å². The molecule has 2 saturated carbocycles. The Bertz CT molecular complexity index is 1160. The number of anilines is 1. The standard InChI is InChI=1S/C23H23FN4O2/c1-12-17(19-20(27-23(2)7-8-23)25-11-26-21(19)30-12)22(29)28-9-15-16(10-28)18(15)13-3-5-14(24)6-4-13/h3-6,11,15-16,18H,7-10H2,1-2H3,(H,25,26,27)/t15-,16+,18-. The first-order chi connectivity index (χ1) is 14.4. The molecule has 1 aromatic carbocycles. The zero-order valence-electron chi connectivity index (χ0n) is 17.0. The van der Waals surface area contributed by atoms with Crippen molar-refractivity contribution in [2.45, 2.75) is 38.1 Å². The van der Waals surface area contributed by atoms with Crippen LogP contribution in [0.3, 0.4) is 0 Å². The van der Waals surface area contributed by atoms with E-state index in [1.807, 2.05) is 24.0 Å². The number of nitrogens with zero attached hydrogens (tertiary/aromatic N) is 3. The smallest absolute Gasteiger partial charge is 0.258 e. The van der Waals surface area contributed by atoms with Crippen LogP contribution in [-0.2, 0) is 0 Å². The number of amides is 1. The van der Waals surface area contributed by atoms with E-state index in [1.165, 1.54) is 24.0 Å². The maximum atomic E-state index is 13.5. The van der Waals surface area contributed by atoms with Gasteiger partial charge in [0.2, 0.25) is 5.71 Å². The fourth-order valence-corrected chi connectivity index (χ4v) is 5.02. The molecule has 0 bridgehead atoms. The van der Waals surface area contributed by atoms with Gasteiger partial charge in [-0.15, -0.1) is 0 Å². The number of carbonyl (C=O) groups is 1. The van der Waals surface area contributed by atoms with Crippen LogP contribution < -0.4 is 5.32 Å². The van der Waals surface area contributed by atoms with Crippen LogP contribution in [-0.4, -0.2) is 39.4 Å². The second-order valence-electron chi connectivity index (χ2n) is 9.24. The lowest BCUT2D eigenvalue weighted by Gasteiger charge is -2.20. The maximum absolute atomic E-state index is 13.5. The Balaban J connectivity index is 1.26. The first kappa shape index (κ1) is 17.9. The minimum absolute atomic E-state index is 0.0184. The lowest BCUT2D eigenvalue weighted by atomic mass is 10.1. The molecular weight excluding hydrogens is 383 g/mol. The summed E-state index contributed by atoms with van der Waals surface area (Å²) in [7, 11) is 0. The van der Waals surface area contributed by atoms with Crippen molar-refractivity contribution in [3.8, 4) is 0 Å². The second-order valence-corrected chi connectivity index (χ2v) is 9.24. The van der Waals surface area contributed by atoms with E-state index in [0.717, 1.165) is 12.8 Å². The third-order valence-electron chi connectivity index (χ3n) is 7.03. The topological polar surface area (TPSA) is 71.3 Å². The summed E-state index contributed by atoms with van der Waals surface area (Å²) in [6.45, 7) is 5.40. The molecule has 0 unspecified atom stereocenters. The van der Waals surface area contributed by atoms with Crippen molar-refractivity contribution < 1.29 is 13.6 Å². The van der Waals surface area contributed by atoms with Gasteiger partial charge in [0.25, 0.3) is 5.91 Å². The highest BCUT2D eigenvalue weighted by atomic mass is 19.1. The minimum atomic E-state index is -0.213. The number of aromatic nitrogens is 2. The molecule has 6 rings (SSSR count). The average Bonchev–Trinajstić information content (AvgIpc) is 3.50. The molecule has 30 heavy (non-hydrogen) atoms. The zero-order valence-corrected chi connectivity index (χ0v) is 17.0. The second kappa shape index (κ2) is 6.03. The van der Waals surface area contributed by atoms with Crippen molar-refractivity contribution in [1.29, 1.82) is 0 Å². The average molecular weight is 406 g/mol. The molecule has 1 amide bonds. The van der Waals surface area contributed by atoms with Gasteiger partial charge in [0, 0.05) is 18.6 Å². The highest BCUT2D eigenvalue weighted by Crippen LogP contribution is 2.58. The Morgan fingerprint density at radius 3 is 2.57 bits per heavy atom. The van der Waals surface area contributed by atoms with E-state index in [4.69, 9.17) is 4.42 Å². The van der Waals surface area contributed by atoms with E-state index in [0.29, 0.717) is 59.1 Å². The van der Waals surface area contributed by atoms with Crippen molar-refractivity contribution in [1.82, 2.24) is 14.9 Å². The number of carbonyl (C=O) groups excluding carboxylic acids is 1. The van der Waals surface area contributed by atoms with E-state index in [9.17, 15) is 9.18 Å². The summed E-state index contributed by atoms with van der Waals surface area (Å²) in [6, 6.07) is 6.77. The Morgan fingerprint density at radius 2 is 1.90 bits per heavy atom. The highest BCUT2D eigenvalue weighted by Gasteiger charge is 2.57. The first-order valence-electron chi connectivity index (χ1n) is 10.5. The molecule has 1 N–H and O–H groups in total. The molecule has 6 nitrogen and oxygen atoms in total. The number of fused-ring (bicyclic) bond motifs is 2. The Hall–Kier alpha value is -2.96. The number of likely N-dealkylation sites (tertiary alicyclic amines) is 1. The summed E-state index contributed by atoms with van der Waals surface area (Å²) in [5.41, 5.74) is 2.22. The molecule has 0 spiro atoms. The molecule has 2 aromatic heterocycles. The fraction of sp³-hybridized carbons (Fsp3) is 0.435. The number of furan rings is 1. The summed E-state index contributed by atoms with van der Waals surface area (Å²) >= 11 is 0. The Morgan fingerprint density at radius 1 is 1.20 bits per heavy atom. The van der Waals surface area contributed by atoms with Crippen molar-refractivity contribution in [3.63, 3.8) is 0 Å². The number of hydrogen-bond acceptors (Lipinski definition) is 5. The van der Waals surface area contributed by atoms with Crippen LogP contribution in [0.4, 0.5) is 10.2 Å². The summed E-state index contributed by atoms with van der Waals surface area (Å²) in [6.07, 6.45) is 3.64. The van der Waals surface area contributed by atoms with Gasteiger partial charge in [0.05, 0.1) is 10.9 Å². The summed E-state index contributed by atoms with van der Waals surface area (Å²) in [5, 5.41) is 4.16. The number of halogens is 1. The van der Waals surface area contributed by atoms with E-state index < -0.39 is 0 Å². The predicted octanol–water partition coefficient (Wildman–Crippen LogP) is 4.12. The van der Waals surface area contributed by atoms with E-state index in [2.05, 4.69) is 22.2 Å². The van der Waals surface area contributed by atoms with Crippen molar-refractivity contribution in [2.24, 2.45) is 11.8 Å². The number of hydrogen-bond donors (Lipinski definition) is 1. The van der Waals surface area contributed by atoms with Crippen LogP contribution in [0, 0.1) is 24.6 Å². The van der Waals surface area contributed by atoms with Gasteiger partial charge in [-0.1, -0.05) is 12.1 Å². The number of piperidine rings is 1. The predicted molar refractivity (Wildman–Crippen MR) is 110 cm³/mol. The van der Waals surface area contributed by atoms with Gasteiger partial charge in [-0.25, -0.2) is 14.4 Å². The Kier molecular flexibility index (Phi) is 3.59. The SMILES string of the molecule is Cc1oc2ncnc(NC3(C)CC3)c2c1C(=O)N1C[C@@H]2[C@H](C1)[C@@H]2c1ccc(F)cc1. The van der Waals surface area contributed by atoms with E-state index in [1.54, 1.807) is 0 Å². The molecule has 0 radical (unpaired) electrons. The zero-order chi connectivity index (χ0) is 20.6. The van der Waals surface area contributed by atoms with E-state index >= 15 is 0 Å². The van der Waals surface area contributed by atoms with Gasteiger partial charge in [-0.05, 0) is 62.1 Å². The van der Waals surface area contributed by atoms with Crippen molar-refractivity contribution in [3.05, 3.63) is 53.3 Å². The number of rotatable bonds is 4. The van der Waals surface area contributed by atoms with Crippen LogP contribution in [0.15, 0.2) is 35.0 Å². The summed E-state index contributed by atoms with van der Waals surface area (Å²) < 4.78 is 19.0.